The summed E-state index contributed by atoms with van der Waals surface area (Å²) in [5, 5.41) is -1.29. The van der Waals surface area contributed by atoms with Gasteiger partial charge in [-0.15, -0.1) is 0 Å². The summed E-state index contributed by atoms with van der Waals surface area (Å²) in [6.45, 7) is 6.58. The van der Waals surface area contributed by atoms with Crippen LogP contribution in [-0.4, -0.2) is 35.2 Å². The summed E-state index contributed by atoms with van der Waals surface area (Å²) in [5.41, 5.74) is -1.52. The lowest BCUT2D eigenvalue weighted by Crippen LogP contribution is -2.32. The van der Waals surface area contributed by atoms with Crippen molar-refractivity contribution < 1.29 is 32.6 Å². The molecule has 0 saturated heterocycles. The molecule has 0 fully saturated rings. The van der Waals surface area contributed by atoms with Gasteiger partial charge in [-0.3, -0.25) is 14.4 Å². The number of benzene rings is 1. The summed E-state index contributed by atoms with van der Waals surface area (Å²) in [4.78, 5) is 35.8. The fourth-order valence-corrected chi connectivity index (χ4v) is 3.41. The molecule has 1 heterocycles. The van der Waals surface area contributed by atoms with E-state index in [-0.39, 0.29) is 17.1 Å². The van der Waals surface area contributed by atoms with Crippen molar-refractivity contribution in [3.8, 4) is 0 Å². The van der Waals surface area contributed by atoms with Crippen LogP contribution in [0.5, 0.6) is 0 Å². The fourth-order valence-electron chi connectivity index (χ4n) is 2.28. The highest BCUT2D eigenvalue weighted by atomic mass is 32.2. The maximum Gasteiger partial charge on any atom is 0.328 e. The van der Waals surface area contributed by atoms with Gasteiger partial charge in [-0.2, -0.15) is 0 Å². The van der Waals surface area contributed by atoms with Gasteiger partial charge in [0.2, 0.25) is 0 Å². The van der Waals surface area contributed by atoms with Crippen LogP contribution in [-0.2, 0) is 25.5 Å². The van der Waals surface area contributed by atoms with Crippen LogP contribution in [0.15, 0.2) is 11.0 Å². The van der Waals surface area contributed by atoms with Crippen LogP contribution < -0.4 is 0 Å². The number of esters is 2. The molecule has 0 aliphatic carbocycles. The van der Waals surface area contributed by atoms with Crippen LogP contribution in [0, 0.1) is 11.6 Å². The largest absolute Gasteiger partial charge is 0.466 e. The Bertz CT molecular complexity index is 740. The zero-order chi connectivity index (χ0) is 18.9. The van der Waals surface area contributed by atoms with Gasteiger partial charge in [-0.25, -0.2) is 8.78 Å². The van der Waals surface area contributed by atoms with E-state index in [2.05, 4.69) is 0 Å². The van der Waals surface area contributed by atoms with Gasteiger partial charge in [0.25, 0.3) is 0 Å². The van der Waals surface area contributed by atoms with Gasteiger partial charge in [0.15, 0.2) is 11.0 Å². The molecule has 0 amide bonds. The summed E-state index contributed by atoms with van der Waals surface area (Å²) in [6.07, 6.45) is -0.593. The molecule has 136 valence electrons. The van der Waals surface area contributed by atoms with Gasteiger partial charge in [-0.1, -0.05) is 11.8 Å². The zero-order valence-electron chi connectivity index (χ0n) is 14.3. The Hall–Kier alpha value is -1.96. The molecule has 8 heteroatoms. The van der Waals surface area contributed by atoms with Gasteiger partial charge in [0, 0.05) is 11.1 Å². The van der Waals surface area contributed by atoms with Crippen molar-refractivity contribution >= 4 is 29.5 Å². The van der Waals surface area contributed by atoms with Crippen molar-refractivity contribution in [2.45, 2.75) is 49.9 Å². The van der Waals surface area contributed by atoms with Crippen LogP contribution >= 0.6 is 11.8 Å². The summed E-state index contributed by atoms with van der Waals surface area (Å²) in [7, 11) is 0. The quantitative estimate of drug-likeness (QED) is 0.598. The molecule has 1 aliphatic heterocycles. The van der Waals surface area contributed by atoms with Crippen LogP contribution in [0.4, 0.5) is 8.78 Å². The maximum absolute atomic E-state index is 14.6. The SMILES string of the molecule is CCOC(=O)Cc1c(F)cc2c(c1F)SC(C(=O)OC(C)(C)C)C2=O. The van der Waals surface area contributed by atoms with Crippen molar-refractivity contribution in [2.24, 2.45) is 0 Å². The lowest BCUT2D eigenvalue weighted by molar-refractivity contribution is -0.153. The van der Waals surface area contributed by atoms with Crippen LogP contribution in [0.2, 0.25) is 0 Å². The minimum Gasteiger partial charge on any atom is -0.466 e. The molecule has 0 aromatic heterocycles. The Labute approximate surface area is 148 Å². The molecule has 1 aromatic rings. The van der Waals surface area contributed by atoms with E-state index < -0.39 is 52.2 Å². The van der Waals surface area contributed by atoms with E-state index in [4.69, 9.17) is 9.47 Å². The molecule has 0 bridgehead atoms. The van der Waals surface area contributed by atoms with Crippen molar-refractivity contribution in [3.63, 3.8) is 0 Å². The van der Waals surface area contributed by atoms with E-state index in [0.29, 0.717) is 11.8 Å². The molecule has 1 aromatic carbocycles. The Kier molecular flexibility index (Phi) is 5.51. The van der Waals surface area contributed by atoms with E-state index >= 15 is 0 Å². The fraction of sp³-hybridized carbons (Fsp3) is 0.471. The highest BCUT2D eigenvalue weighted by Gasteiger charge is 2.42. The minimum absolute atomic E-state index is 0.0843. The van der Waals surface area contributed by atoms with Gasteiger partial charge >= 0.3 is 11.9 Å². The maximum atomic E-state index is 14.6. The second-order valence-corrected chi connectivity index (χ2v) is 7.52. The average Bonchev–Trinajstić information content (AvgIpc) is 2.80. The minimum atomic E-state index is -1.29. The first-order valence-corrected chi connectivity index (χ1v) is 8.53. The van der Waals surface area contributed by atoms with E-state index in [1.54, 1.807) is 27.7 Å². The average molecular weight is 372 g/mol. The predicted octanol–water partition coefficient (Wildman–Crippen LogP) is 3.07. The van der Waals surface area contributed by atoms with E-state index in [1.165, 1.54) is 0 Å². The first-order chi connectivity index (χ1) is 11.5. The molecule has 1 atom stereocenters. The van der Waals surface area contributed by atoms with Gasteiger partial charge in [0.1, 0.15) is 17.2 Å². The van der Waals surface area contributed by atoms with Crippen molar-refractivity contribution in [1.82, 2.24) is 0 Å². The van der Waals surface area contributed by atoms with E-state index in [0.717, 1.165) is 6.07 Å². The number of hydrogen-bond donors (Lipinski definition) is 0. The number of hydrogen-bond acceptors (Lipinski definition) is 6. The summed E-state index contributed by atoms with van der Waals surface area (Å²) < 4.78 is 38.6. The second-order valence-electron chi connectivity index (χ2n) is 6.41. The molecule has 1 unspecified atom stereocenters. The standard InChI is InChI=1S/C17H18F2O5S/c1-5-23-11(20)7-8-10(18)6-9-13(21)15(25-14(9)12(8)19)16(22)24-17(2,3)4/h6,15H,5,7H2,1-4H3. The van der Waals surface area contributed by atoms with Crippen LogP contribution in [0.1, 0.15) is 43.6 Å². The summed E-state index contributed by atoms with van der Waals surface area (Å²) in [5.74, 6) is -4.35. The van der Waals surface area contributed by atoms with Crippen molar-refractivity contribution in [3.05, 3.63) is 28.8 Å². The predicted molar refractivity (Wildman–Crippen MR) is 86.5 cm³/mol. The number of carbonyl (C=O) groups is 3. The summed E-state index contributed by atoms with van der Waals surface area (Å²) in [6, 6.07) is 0.854. The van der Waals surface area contributed by atoms with Crippen molar-refractivity contribution in [1.29, 1.82) is 0 Å². The molecule has 1 aliphatic rings. The number of Topliss-reactive ketones (excluding diaryl/α,β-unsaturated/α-hetero) is 1. The van der Waals surface area contributed by atoms with Crippen LogP contribution in [0.25, 0.3) is 0 Å². The zero-order valence-corrected chi connectivity index (χ0v) is 15.1. The topological polar surface area (TPSA) is 69.7 Å². The molecule has 0 spiro atoms. The van der Waals surface area contributed by atoms with E-state index in [9.17, 15) is 23.2 Å². The highest BCUT2D eigenvalue weighted by Crippen LogP contribution is 2.41. The first kappa shape index (κ1) is 19.4. The third-order valence-corrected chi connectivity index (χ3v) is 4.53. The highest BCUT2D eigenvalue weighted by molar-refractivity contribution is 8.02. The number of ether oxygens (including phenoxy) is 2. The Morgan fingerprint density at radius 1 is 1.28 bits per heavy atom. The third kappa shape index (κ3) is 4.18. The Balaban J connectivity index is 2.32. The van der Waals surface area contributed by atoms with Gasteiger partial charge < -0.3 is 9.47 Å². The Morgan fingerprint density at radius 2 is 1.92 bits per heavy atom. The number of halogens is 2. The number of thioether (sulfide) groups is 1. The van der Waals surface area contributed by atoms with Crippen molar-refractivity contribution in [2.75, 3.05) is 6.61 Å². The lowest BCUT2D eigenvalue weighted by Gasteiger charge is -2.21. The molecule has 0 N–H and O–H groups in total. The van der Waals surface area contributed by atoms with Gasteiger partial charge in [-0.05, 0) is 33.8 Å². The Morgan fingerprint density at radius 3 is 2.48 bits per heavy atom. The smallest absolute Gasteiger partial charge is 0.328 e. The molecule has 5 nitrogen and oxygen atoms in total. The summed E-state index contributed by atoms with van der Waals surface area (Å²) >= 11 is 0.665. The lowest BCUT2D eigenvalue weighted by atomic mass is 10.0. The normalized spacial score (nSPS) is 16.6. The van der Waals surface area contributed by atoms with Crippen LogP contribution in [0.3, 0.4) is 0 Å². The molecule has 0 radical (unpaired) electrons. The number of rotatable bonds is 4. The molecule has 2 rings (SSSR count). The molecular weight excluding hydrogens is 354 g/mol. The monoisotopic (exact) mass is 372 g/mol. The second kappa shape index (κ2) is 7.11. The number of ketones is 1. The molecule has 0 saturated carbocycles. The number of fused-ring (bicyclic) bond motifs is 1. The van der Waals surface area contributed by atoms with Gasteiger partial charge in [0.05, 0.1) is 17.9 Å². The molecular formula is C17H18F2O5S. The first-order valence-electron chi connectivity index (χ1n) is 7.65. The molecule has 25 heavy (non-hydrogen) atoms. The third-order valence-electron chi connectivity index (χ3n) is 3.25. The number of carbonyl (C=O) groups excluding carboxylic acids is 3. The van der Waals surface area contributed by atoms with E-state index in [1.807, 2.05) is 0 Å².